The molecule has 1 aromatic carbocycles. The first kappa shape index (κ1) is 18.8. The maximum atomic E-state index is 8.99. The Labute approximate surface area is 148 Å². The van der Waals surface area contributed by atoms with Gasteiger partial charge in [0.15, 0.2) is 0 Å². The smallest absolute Gasteiger partial charge is 0.0991 e. The number of nitriles is 1. The first-order valence-electron chi connectivity index (χ1n) is 9.89. The van der Waals surface area contributed by atoms with Crippen LogP contribution in [0.3, 0.4) is 0 Å². The van der Waals surface area contributed by atoms with Gasteiger partial charge in [-0.15, -0.1) is 6.58 Å². The van der Waals surface area contributed by atoms with Gasteiger partial charge >= 0.3 is 0 Å². The van der Waals surface area contributed by atoms with Crippen LogP contribution in [0.15, 0.2) is 36.9 Å². The van der Waals surface area contributed by atoms with E-state index in [-0.39, 0.29) is 0 Å². The Bertz CT molecular complexity index is 514. The van der Waals surface area contributed by atoms with Gasteiger partial charge in [0.05, 0.1) is 11.6 Å². The molecule has 0 heterocycles. The Balaban J connectivity index is 1.88. The van der Waals surface area contributed by atoms with Crippen LogP contribution in [0.4, 0.5) is 0 Å². The van der Waals surface area contributed by atoms with Crippen molar-refractivity contribution in [2.24, 2.45) is 11.8 Å². The van der Waals surface area contributed by atoms with Crippen molar-refractivity contribution < 1.29 is 0 Å². The molecule has 1 atom stereocenters. The van der Waals surface area contributed by atoms with E-state index < -0.39 is 0 Å². The van der Waals surface area contributed by atoms with Gasteiger partial charge in [0.1, 0.15) is 0 Å². The summed E-state index contributed by atoms with van der Waals surface area (Å²) in [4.78, 5) is 0. The number of nitrogens with zero attached hydrogens (tertiary/aromatic N) is 1. The third-order valence-corrected chi connectivity index (χ3v) is 5.81. The zero-order chi connectivity index (χ0) is 17.2. The molecule has 0 aromatic heterocycles. The summed E-state index contributed by atoms with van der Waals surface area (Å²) in [7, 11) is 0. The van der Waals surface area contributed by atoms with E-state index in [2.05, 4.69) is 37.8 Å². The number of rotatable bonds is 9. The zero-order valence-corrected chi connectivity index (χ0v) is 15.3. The van der Waals surface area contributed by atoms with Crippen molar-refractivity contribution in [3.63, 3.8) is 0 Å². The fourth-order valence-corrected chi connectivity index (χ4v) is 4.32. The van der Waals surface area contributed by atoms with Gasteiger partial charge in [-0.3, -0.25) is 0 Å². The van der Waals surface area contributed by atoms with Crippen molar-refractivity contribution in [3.8, 4) is 6.07 Å². The molecule has 0 radical (unpaired) electrons. The van der Waals surface area contributed by atoms with Crippen LogP contribution in [-0.4, -0.2) is 0 Å². The van der Waals surface area contributed by atoms with Crippen LogP contribution in [0.5, 0.6) is 0 Å². The summed E-state index contributed by atoms with van der Waals surface area (Å²) >= 11 is 0. The van der Waals surface area contributed by atoms with Crippen LogP contribution in [0, 0.1) is 23.2 Å². The Hall–Kier alpha value is -1.55. The van der Waals surface area contributed by atoms with Crippen molar-refractivity contribution in [2.45, 2.75) is 77.0 Å². The Morgan fingerprint density at radius 1 is 1.12 bits per heavy atom. The third-order valence-electron chi connectivity index (χ3n) is 5.81. The molecule has 0 spiro atoms. The van der Waals surface area contributed by atoms with E-state index in [1.54, 1.807) is 0 Å². The highest BCUT2D eigenvalue weighted by molar-refractivity contribution is 5.33. The van der Waals surface area contributed by atoms with Crippen LogP contribution in [0.2, 0.25) is 0 Å². The summed E-state index contributed by atoms with van der Waals surface area (Å²) in [5.41, 5.74) is 2.15. The second-order valence-corrected chi connectivity index (χ2v) is 7.49. The maximum absolute atomic E-state index is 8.99. The Kier molecular flexibility index (Phi) is 8.10. The quantitative estimate of drug-likeness (QED) is 0.354. The molecule has 1 unspecified atom stereocenters. The zero-order valence-electron chi connectivity index (χ0n) is 15.3. The van der Waals surface area contributed by atoms with Crippen LogP contribution in [0.25, 0.3) is 0 Å². The SMILES string of the molecule is C=CCC(c1ccc(C#N)cc1)[C@H]1CC[C@H](CCCCCC)CC1. The summed E-state index contributed by atoms with van der Waals surface area (Å²) in [6.07, 6.45) is 15.7. The fourth-order valence-electron chi connectivity index (χ4n) is 4.32. The van der Waals surface area contributed by atoms with Crippen molar-refractivity contribution in [2.75, 3.05) is 0 Å². The van der Waals surface area contributed by atoms with Crippen molar-refractivity contribution in [1.29, 1.82) is 5.26 Å². The lowest BCUT2D eigenvalue weighted by atomic mass is 9.71. The van der Waals surface area contributed by atoms with E-state index in [1.165, 1.54) is 63.4 Å². The molecule has 0 bridgehead atoms. The Morgan fingerprint density at radius 3 is 2.42 bits per heavy atom. The molecule has 130 valence electrons. The van der Waals surface area contributed by atoms with Gasteiger partial charge in [0, 0.05) is 0 Å². The molecule has 1 saturated carbocycles. The molecule has 1 aromatic rings. The first-order valence-corrected chi connectivity index (χ1v) is 9.89. The predicted octanol–water partition coefficient (Wildman–Crippen LogP) is 6.99. The van der Waals surface area contributed by atoms with Gasteiger partial charge in [-0.05, 0) is 54.7 Å². The summed E-state index contributed by atoms with van der Waals surface area (Å²) in [5.74, 6) is 2.32. The second-order valence-electron chi connectivity index (χ2n) is 7.49. The van der Waals surface area contributed by atoms with Gasteiger partial charge in [-0.25, -0.2) is 0 Å². The standard InChI is InChI=1S/C23H33N/c1-3-5-6-7-9-19-10-14-21(15-11-19)23(8-4-2)22-16-12-20(18-24)13-17-22/h4,12-13,16-17,19,21,23H,2-3,5-11,14-15H2,1H3/t19-,21-,23?. The lowest BCUT2D eigenvalue weighted by molar-refractivity contribution is 0.230. The van der Waals surface area contributed by atoms with Crippen LogP contribution < -0.4 is 0 Å². The molecule has 1 fully saturated rings. The first-order chi connectivity index (χ1) is 11.8. The van der Waals surface area contributed by atoms with Crippen LogP contribution in [-0.2, 0) is 0 Å². The van der Waals surface area contributed by atoms with Gasteiger partial charge < -0.3 is 0 Å². The van der Waals surface area contributed by atoms with Gasteiger partial charge in [-0.2, -0.15) is 5.26 Å². The monoisotopic (exact) mass is 323 g/mol. The van der Waals surface area contributed by atoms with Gasteiger partial charge in [0.2, 0.25) is 0 Å². The van der Waals surface area contributed by atoms with Gasteiger partial charge in [0.25, 0.3) is 0 Å². The normalized spacial score (nSPS) is 21.8. The highest BCUT2D eigenvalue weighted by Gasteiger charge is 2.27. The van der Waals surface area contributed by atoms with Gasteiger partial charge in [-0.1, -0.05) is 70.1 Å². The predicted molar refractivity (Wildman–Crippen MR) is 103 cm³/mol. The minimum absolute atomic E-state index is 0.580. The summed E-state index contributed by atoms with van der Waals surface area (Å²) in [6.45, 7) is 6.26. The molecule has 1 heteroatoms. The largest absolute Gasteiger partial charge is 0.192 e. The number of allylic oxidation sites excluding steroid dienone is 1. The second kappa shape index (κ2) is 10.3. The number of hydrogen-bond acceptors (Lipinski definition) is 1. The van der Waals surface area contributed by atoms with E-state index >= 15 is 0 Å². The summed E-state index contributed by atoms with van der Waals surface area (Å²) in [5, 5.41) is 8.99. The molecule has 24 heavy (non-hydrogen) atoms. The van der Waals surface area contributed by atoms with E-state index in [4.69, 9.17) is 5.26 Å². The minimum Gasteiger partial charge on any atom is -0.192 e. The number of benzene rings is 1. The minimum atomic E-state index is 0.580. The molecule has 0 amide bonds. The molecule has 1 nitrogen and oxygen atoms in total. The molecular formula is C23H33N. The van der Waals surface area contributed by atoms with Crippen molar-refractivity contribution in [3.05, 3.63) is 48.0 Å². The average Bonchev–Trinajstić information content (AvgIpc) is 2.64. The van der Waals surface area contributed by atoms with E-state index in [0.717, 1.165) is 23.8 Å². The fraction of sp³-hybridized carbons (Fsp3) is 0.609. The Morgan fingerprint density at radius 2 is 1.83 bits per heavy atom. The van der Waals surface area contributed by atoms with E-state index in [9.17, 15) is 0 Å². The van der Waals surface area contributed by atoms with Crippen molar-refractivity contribution >= 4 is 0 Å². The molecule has 0 saturated heterocycles. The summed E-state index contributed by atoms with van der Waals surface area (Å²) in [6, 6.07) is 10.5. The molecule has 2 rings (SSSR count). The number of unbranched alkanes of at least 4 members (excludes halogenated alkanes) is 3. The third kappa shape index (κ3) is 5.52. The molecule has 1 aliphatic carbocycles. The molecule has 0 N–H and O–H groups in total. The van der Waals surface area contributed by atoms with E-state index in [0.29, 0.717) is 5.92 Å². The molecule has 1 aliphatic rings. The highest BCUT2D eigenvalue weighted by Crippen LogP contribution is 2.41. The average molecular weight is 324 g/mol. The maximum Gasteiger partial charge on any atom is 0.0991 e. The molecular weight excluding hydrogens is 290 g/mol. The summed E-state index contributed by atoms with van der Waals surface area (Å²) < 4.78 is 0. The van der Waals surface area contributed by atoms with E-state index in [1.807, 2.05) is 12.1 Å². The van der Waals surface area contributed by atoms with Crippen molar-refractivity contribution in [1.82, 2.24) is 0 Å². The van der Waals surface area contributed by atoms with Crippen LogP contribution >= 0.6 is 0 Å². The topological polar surface area (TPSA) is 23.8 Å². The van der Waals surface area contributed by atoms with Crippen LogP contribution in [0.1, 0.15) is 88.2 Å². The molecule has 0 aliphatic heterocycles. The number of hydrogen-bond donors (Lipinski definition) is 0. The highest BCUT2D eigenvalue weighted by atomic mass is 14.3. The lowest BCUT2D eigenvalue weighted by Gasteiger charge is -2.34. The lowest BCUT2D eigenvalue weighted by Crippen LogP contribution is -2.20.